The van der Waals surface area contributed by atoms with Crippen LogP contribution in [0.3, 0.4) is 0 Å². The smallest absolute Gasteiger partial charge is 0.291 e. The van der Waals surface area contributed by atoms with E-state index in [1.165, 1.54) is 9.42 Å². The van der Waals surface area contributed by atoms with Crippen molar-refractivity contribution in [1.29, 1.82) is 0 Å². The van der Waals surface area contributed by atoms with Crippen molar-refractivity contribution in [2.75, 3.05) is 16.8 Å². The molecule has 2 aromatic heterocycles. The second kappa shape index (κ2) is 9.11. The molecule has 0 saturated carbocycles. The first-order valence-electron chi connectivity index (χ1n) is 11.1. The molecule has 3 heterocycles. The lowest BCUT2D eigenvalue weighted by molar-refractivity contribution is -0.118. The molecule has 0 bridgehead atoms. The molecule has 3 aromatic carbocycles. The van der Waals surface area contributed by atoms with Gasteiger partial charge < -0.3 is 5.32 Å². The van der Waals surface area contributed by atoms with Gasteiger partial charge in [-0.2, -0.15) is 9.50 Å². The Kier molecular flexibility index (Phi) is 5.75. The van der Waals surface area contributed by atoms with Gasteiger partial charge in [-0.3, -0.25) is 19.3 Å². The Morgan fingerprint density at radius 1 is 0.919 bits per heavy atom. The summed E-state index contributed by atoms with van der Waals surface area (Å²) in [5.74, 6) is -0.438. The average Bonchev–Trinajstić information content (AvgIpc) is 3.52. The molecule has 11 heteroatoms. The topological polar surface area (TPSA) is 96.7 Å². The Morgan fingerprint density at radius 2 is 1.59 bits per heavy atom. The number of benzene rings is 3. The van der Waals surface area contributed by atoms with E-state index >= 15 is 0 Å². The lowest BCUT2D eigenvalue weighted by atomic mass is 10.1. The zero-order valence-electron chi connectivity index (χ0n) is 18.8. The third-order valence-corrected chi connectivity index (χ3v) is 7.37. The second-order valence-electron chi connectivity index (χ2n) is 8.21. The number of hydrogen-bond donors (Lipinski definition) is 1. The van der Waals surface area contributed by atoms with Gasteiger partial charge in [0.2, 0.25) is 10.9 Å². The highest BCUT2D eigenvalue weighted by Gasteiger charge is 2.35. The van der Waals surface area contributed by atoms with Gasteiger partial charge in [0, 0.05) is 26.9 Å². The number of anilines is 2. The maximum atomic E-state index is 13.6. The predicted octanol–water partition coefficient (Wildman–Crippen LogP) is 4.03. The van der Waals surface area contributed by atoms with Gasteiger partial charge in [0.05, 0.1) is 11.3 Å². The second-order valence-corrected chi connectivity index (χ2v) is 10.1. The SMILES string of the molecule is O=C(CN1C(=O)C(=c2sc3nc(-c4ccc(Cl)cc4)nn3c2=O)c2ccccc21)Nc1ccc(Cl)cc1. The van der Waals surface area contributed by atoms with Crippen molar-refractivity contribution < 1.29 is 9.59 Å². The van der Waals surface area contributed by atoms with Crippen molar-refractivity contribution in [3.8, 4) is 11.4 Å². The standard InChI is InChI=1S/C26H15Cl2N5O3S/c27-15-7-5-14(6-8-15)23-30-26-33(31-23)25(36)22(37-26)21-18-3-1-2-4-19(18)32(24(21)35)13-20(34)29-17-11-9-16(28)10-12-17/h1-12H,13H2,(H,29,34). The van der Waals surface area contributed by atoms with E-state index in [0.717, 1.165) is 11.3 Å². The molecule has 1 aliphatic rings. The van der Waals surface area contributed by atoms with Crippen LogP contribution in [0.15, 0.2) is 77.6 Å². The number of carbonyl (C=O) groups is 2. The normalized spacial score (nSPS) is 14.3. The van der Waals surface area contributed by atoms with Crippen LogP contribution in [-0.4, -0.2) is 33.0 Å². The third-order valence-electron chi connectivity index (χ3n) is 5.84. The number of thiazole rings is 1. The minimum atomic E-state index is -0.446. The molecule has 0 fully saturated rings. The van der Waals surface area contributed by atoms with Crippen LogP contribution in [-0.2, 0) is 9.59 Å². The minimum absolute atomic E-state index is 0.218. The van der Waals surface area contributed by atoms with Gasteiger partial charge in [-0.05, 0) is 54.6 Å². The molecule has 0 saturated heterocycles. The summed E-state index contributed by atoms with van der Waals surface area (Å²) in [6, 6.07) is 20.7. The van der Waals surface area contributed by atoms with Gasteiger partial charge in [0.15, 0.2) is 5.82 Å². The van der Waals surface area contributed by atoms with Gasteiger partial charge in [-0.25, -0.2) is 0 Å². The predicted molar refractivity (Wildman–Crippen MR) is 144 cm³/mol. The van der Waals surface area contributed by atoms with Crippen molar-refractivity contribution >= 4 is 68.3 Å². The fourth-order valence-corrected chi connectivity index (χ4v) is 5.39. The number of fused-ring (bicyclic) bond motifs is 2. The largest absolute Gasteiger partial charge is 0.325 e. The highest BCUT2D eigenvalue weighted by Crippen LogP contribution is 2.35. The van der Waals surface area contributed by atoms with Crippen LogP contribution >= 0.6 is 34.5 Å². The number of amides is 2. The molecule has 0 atom stereocenters. The van der Waals surface area contributed by atoms with E-state index in [1.54, 1.807) is 72.8 Å². The highest BCUT2D eigenvalue weighted by molar-refractivity contribution is 7.15. The van der Waals surface area contributed by atoms with E-state index in [1.807, 2.05) is 0 Å². The quantitative estimate of drug-likeness (QED) is 0.366. The summed E-state index contributed by atoms with van der Waals surface area (Å²) in [4.78, 5) is 45.9. The minimum Gasteiger partial charge on any atom is -0.325 e. The summed E-state index contributed by atoms with van der Waals surface area (Å²) in [7, 11) is 0. The molecule has 37 heavy (non-hydrogen) atoms. The molecule has 1 aliphatic heterocycles. The number of carbonyl (C=O) groups excluding carboxylic acids is 2. The summed E-state index contributed by atoms with van der Waals surface area (Å²) in [5.41, 5.74) is 2.18. The van der Waals surface area contributed by atoms with E-state index in [2.05, 4.69) is 15.4 Å². The average molecular weight is 548 g/mol. The molecule has 0 radical (unpaired) electrons. The van der Waals surface area contributed by atoms with E-state index in [4.69, 9.17) is 23.2 Å². The van der Waals surface area contributed by atoms with Crippen molar-refractivity contribution in [1.82, 2.24) is 14.6 Å². The van der Waals surface area contributed by atoms with Crippen molar-refractivity contribution in [3.63, 3.8) is 0 Å². The molecule has 8 nitrogen and oxygen atoms in total. The molecule has 182 valence electrons. The lowest BCUT2D eigenvalue weighted by Gasteiger charge is -2.16. The fraction of sp³-hybridized carbons (Fsp3) is 0.0385. The summed E-state index contributed by atoms with van der Waals surface area (Å²) < 4.78 is 1.42. The highest BCUT2D eigenvalue weighted by atomic mass is 35.5. The van der Waals surface area contributed by atoms with Gasteiger partial charge in [0.1, 0.15) is 11.1 Å². The van der Waals surface area contributed by atoms with Crippen molar-refractivity contribution in [2.45, 2.75) is 0 Å². The summed E-state index contributed by atoms with van der Waals surface area (Å²) in [6.07, 6.45) is 0. The van der Waals surface area contributed by atoms with Gasteiger partial charge in [0.25, 0.3) is 11.5 Å². The van der Waals surface area contributed by atoms with Crippen LogP contribution in [0, 0.1) is 0 Å². The van der Waals surface area contributed by atoms with E-state index in [0.29, 0.717) is 43.3 Å². The number of halogens is 2. The Bertz CT molecular complexity index is 1810. The number of rotatable bonds is 4. The van der Waals surface area contributed by atoms with Gasteiger partial charge in [-0.1, -0.05) is 52.7 Å². The Morgan fingerprint density at radius 3 is 2.30 bits per heavy atom. The summed E-state index contributed by atoms with van der Waals surface area (Å²) in [5, 5.41) is 8.25. The molecule has 0 aliphatic carbocycles. The van der Waals surface area contributed by atoms with E-state index in [9.17, 15) is 14.4 Å². The first-order chi connectivity index (χ1) is 17.9. The maximum absolute atomic E-state index is 13.6. The van der Waals surface area contributed by atoms with Gasteiger partial charge in [-0.15, -0.1) is 5.10 Å². The Balaban J connectivity index is 1.38. The maximum Gasteiger partial charge on any atom is 0.291 e. The van der Waals surface area contributed by atoms with Crippen LogP contribution in [0.1, 0.15) is 5.56 Å². The van der Waals surface area contributed by atoms with E-state index < -0.39 is 11.5 Å². The zero-order valence-corrected chi connectivity index (χ0v) is 21.1. The lowest BCUT2D eigenvalue weighted by Crippen LogP contribution is -2.37. The molecular formula is C26H15Cl2N5O3S. The van der Waals surface area contributed by atoms with Crippen molar-refractivity contribution in [3.05, 3.63) is 103 Å². The third kappa shape index (κ3) is 4.17. The summed E-state index contributed by atoms with van der Waals surface area (Å²) in [6.45, 7) is -0.225. The number of aromatic nitrogens is 3. The Labute approximate surface area is 223 Å². The number of para-hydroxylation sites is 1. The Hall–Kier alpha value is -4.05. The van der Waals surface area contributed by atoms with Gasteiger partial charge >= 0.3 is 0 Å². The monoisotopic (exact) mass is 547 g/mol. The van der Waals surface area contributed by atoms with Crippen molar-refractivity contribution in [2.24, 2.45) is 0 Å². The molecule has 0 spiro atoms. The van der Waals surface area contributed by atoms with Crippen LogP contribution in [0.2, 0.25) is 10.0 Å². The molecule has 5 aromatic rings. The van der Waals surface area contributed by atoms with Crippen LogP contribution in [0.25, 0.3) is 21.9 Å². The van der Waals surface area contributed by atoms with Crippen LogP contribution in [0.5, 0.6) is 0 Å². The van der Waals surface area contributed by atoms with Crippen LogP contribution < -0.4 is 20.3 Å². The number of hydrogen-bond acceptors (Lipinski definition) is 6. The number of nitrogens with one attached hydrogen (secondary N) is 1. The number of nitrogens with zero attached hydrogens (tertiary/aromatic N) is 4. The fourth-order valence-electron chi connectivity index (χ4n) is 4.14. The molecule has 2 amide bonds. The molecule has 6 rings (SSSR count). The first kappa shape index (κ1) is 23.4. The zero-order chi connectivity index (χ0) is 25.7. The summed E-state index contributed by atoms with van der Waals surface area (Å²) >= 11 is 12.9. The molecule has 0 unspecified atom stereocenters. The van der Waals surface area contributed by atoms with Crippen LogP contribution in [0.4, 0.5) is 11.4 Å². The van der Waals surface area contributed by atoms with E-state index in [-0.39, 0.29) is 22.6 Å². The first-order valence-corrected chi connectivity index (χ1v) is 12.6. The molecular weight excluding hydrogens is 533 g/mol. The molecule has 1 N–H and O–H groups in total.